The van der Waals surface area contributed by atoms with Crippen LogP contribution < -0.4 is 10.2 Å². The summed E-state index contributed by atoms with van der Waals surface area (Å²) in [7, 11) is 0. The van der Waals surface area contributed by atoms with Gasteiger partial charge in [0.15, 0.2) is 0 Å². The Hall–Kier alpha value is -2.74. The number of aromatic hydroxyl groups is 1. The van der Waals surface area contributed by atoms with Gasteiger partial charge in [-0.2, -0.15) is 0 Å². The largest absolute Gasteiger partial charge is 0.506 e. The van der Waals surface area contributed by atoms with Crippen LogP contribution in [0.1, 0.15) is 12.8 Å². The van der Waals surface area contributed by atoms with Gasteiger partial charge in [-0.15, -0.1) is 0 Å². The molecule has 1 aliphatic heterocycles. The third-order valence-electron chi connectivity index (χ3n) is 3.85. The van der Waals surface area contributed by atoms with E-state index in [4.69, 9.17) is 4.74 Å². The molecule has 132 valence electrons. The number of hydrogen-bond donors (Lipinski definition) is 2. The molecule has 8 heteroatoms. The summed E-state index contributed by atoms with van der Waals surface area (Å²) < 4.78 is 32.9. The van der Waals surface area contributed by atoms with Gasteiger partial charge in [-0.3, -0.25) is 0 Å². The van der Waals surface area contributed by atoms with E-state index >= 15 is 0 Å². The van der Waals surface area contributed by atoms with Gasteiger partial charge in [0.1, 0.15) is 29.3 Å². The normalized spacial score (nSPS) is 15.0. The lowest BCUT2D eigenvalue weighted by Gasteiger charge is -2.27. The molecule has 0 unspecified atom stereocenters. The number of aromatic nitrogens is 1. The Balaban J connectivity index is 1.93. The first-order chi connectivity index (χ1) is 12.0. The molecular formula is C17H17F2N3O3. The fraction of sp³-hybridized carbons (Fsp3) is 0.294. The summed E-state index contributed by atoms with van der Waals surface area (Å²) in [5.41, 5.74) is -0.182. The minimum Gasteiger partial charge on any atom is -0.506 e. The molecule has 1 amide bonds. The van der Waals surface area contributed by atoms with Crippen LogP contribution in [0.3, 0.4) is 0 Å². The average Bonchev–Trinajstić information content (AvgIpc) is 2.59. The summed E-state index contributed by atoms with van der Waals surface area (Å²) in [5, 5.41) is 12.5. The Morgan fingerprint density at radius 3 is 2.64 bits per heavy atom. The summed E-state index contributed by atoms with van der Waals surface area (Å²) in [6.45, 7) is 1.45. The smallest absolute Gasteiger partial charge is 0.420 e. The molecule has 6 nitrogen and oxygen atoms in total. The molecule has 1 fully saturated rings. The molecular weight excluding hydrogens is 332 g/mol. The number of hydrogen-bond acceptors (Lipinski definition) is 5. The molecule has 2 heterocycles. The highest BCUT2D eigenvalue weighted by Crippen LogP contribution is 2.29. The number of carbonyl (C=O) groups excluding carboxylic acids is 1. The molecule has 1 aromatic carbocycles. The second-order valence-corrected chi connectivity index (χ2v) is 5.64. The molecule has 1 aromatic heterocycles. The number of rotatable bonds is 3. The van der Waals surface area contributed by atoms with Gasteiger partial charge >= 0.3 is 6.09 Å². The van der Waals surface area contributed by atoms with Crippen LogP contribution >= 0.6 is 0 Å². The number of ether oxygens (including phenoxy) is 1. The Bertz CT molecular complexity index is 749. The van der Waals surface area contributed by atoms with Crippen molar-refractivity contribution in [3.63, 3.8) is 0 Å². The standard InChI is InChI=1S/C17H17F2N3O3/c18-11-1-3-15(14(19)9-11)22(16-4-2-12(23)10-21-16)17(24)25-13-5-7-20-8-6-13/h1-4,9-10,13,20,23H,5-8H2. The summed E-state index contributed by atoms with van der Waals surface area (Å²) >= 11 is 0. The average molecular weight is 349 g/mol. The first-order valence-corrected chi connectivity index (χ1v) is 7.86. The first-order valence-electron chi connectivity index (χ1n) is 7.86. The maximum Gasteiger partial charge on any atom is 0.420 e. The third-order valence-corrected chi connectivity index (χ3v) is 3.85. The zero-order valence-corrected chi connectivity index (χ0v) is 13.3. The molecule has 1 aliphatic rings. The number of anilines is 2. The Morgan fingerprint density at radius 1 is 1.24 bits per heavy atom. The zero-order chi connectivity index (χ0) is 17.8. The molecule has 2 aromatic rings. The summed E-state index contributed by atoms with van der Waals surface area (Å²) in [6.07, 6.45) is 1.32. The van der Waals surface area contributed by atoms with Crippen LogP contribution in [0, 0.1) is 11.6 Å². The molecule has 0 atom stereocenters. The van der Waals surface area contributed by atoms with Crippen LogP contribution in [0.25, 0.3) is 0 Å². The molecule has 3 rings (SSSR count). The van der Waals surface area contributed by atoms with E-state index in [1.54, 1.807) is 0 Å². The van der Waals surface area contributed by atoms with Gasteiger partial charge in [-0.05, 0) is 50.2 Å². The van der Waals surface area contributed by atoms with Crippen LogP contribution in [0.4, 0.5) is 25.1 Å². The number of carbonyl (C=O) groups is 1. The third kappa shape index (κ3) is 4.03. The van der Waals surface area contributed by atoms with Crippen molar-refractivity contribution in [2.24, 2.45) is 0 Å². The highest BCUT2D eigenvalue weighted by Gasteiger charge is 2.27. The summed E-state index contributed by atoms with van der Waals surface area (Å²) in [5.74, 6) is -1.72. The molecule has 0 spiro atoms. The van der Waals surface area contributed by atoms with Gasteiger partial charge in [0, 0.05) is 6.07 Å². The number of benzene rings is 1. The maximum atomic E-state index is 14.2. The van der Waals surface area contributed by atoms with Crippen molar-refractivity contribution < 1.29 is 23.4 Å². The van der Waals surface area contributed by atoms with Crippen LogP contribution in [-0.2, 0) is 4.74 Å². The van der Waals surface area contributed by atoms with Crippen molar-refractivity contribution in [2.75, 3.05) is 18.0 Å². The Kier molecular flexibility index (Phi) is 5.08. The minimum atomic E-state index is -0.919. The van der Waals surface area contributed by atoms with Crippen LogP contribution in [0.2, 0.25) is 0 Å². The molecule has 25 heavy (non-hydrogen) atoms. The Labute approximate surface area is 143 Å². The lowest BCUT2D eigenvalue weighted by Crippen LogP contribution is -2.37. The number of pyridine rings is 1. The van der Waals surface area contributed by atoms with Gasteiger partial charge in [0.05, 0.1) is 11.9 Å². The van der Waals surface area contributed by atoms with Gasteiger partial charge < -0.3 is 15.2 Å². The van der Waals surface area contributed by atoms with Crippen LogP contribution in [0.5, 0.6) is 5.75 Å². The topological polar surface area (TPSA) is 74.7 Å². The van der Waals surface area contributed by atoms with E-state index in [2.05, 4.69) is 10.3 Å². The van der Waals surface area contributed by atoms with Crippen LogP contribution in [-0.4, -0.2) is 35.4 Å². The van der Waals surface area contributed by atoms with Gasteiger partial charge in [0.25, 0.3) is 0 Å². The van der Waals surface area contributed by atoms with E-state index in [1.165, 1.54) is 12.1 Å². The first kappa shape index (κ1) is 17.1. The lowest BCUT2D eigenvalue weighted by atomic mass is 10.1. The predicted molar refractivity (Wildman–Crippen MR) is 86.8 cm³/mol. The highest BCUT2D eigenvalue weighted by molar-refractivity contribution is 5.95. The van der Waals surface area contributed by atoms with Crippen molar-refractivity contribution in [2.45, 2.75) is 18.9 Å². The fourth-order valence-electron chi connectivity index (χ4n) is 2.60. The van der Waals surface area contributed by atoms with Gasteiger partial charge in [-0.25, -0.2) is 23.5 Å². The van der Waals surface area contributed by atoms with E-state index < -0.39 is 17.7 Å². The number of piperidine rings is 1. The highest BCUT2D eigenvalue weighted by atomic mass is 19.1. The van der Waals surface area contributed by atoms with E-state index in [-0.39, 0.29) is 23.4 Å². The van der Waals surface area contributed by atoms with E-state index in [9.17, 15) is 18.7 Å². The van der Waals surface area contributed by atoms with E-state index in [0.29, 0.717) is 18.9 Å². The van der Waals surface area contributed by atoms with Crippen molar-refractivity contribution in [3.05, 3.63) is 48.2 Å². The second-order valence-electron chi connectivity index (χ2n) is 5.64. The Morgan fingerprint density at radius 2 is 2.00 bits per heavy atom. The fourth-order valence-corrected chi connectivity index (χ4v) is 2.60. The van der Waals surface area contributed by atoms with Crippen molar-refractivity contribution >= 4 is 17.6 Å². The summed E-state index contributed by atoms with van der Waals surface area (Å²) in [4.78, 5) is 17.5. The molecule has 0 saturated carbocycles. The van der Waals surface area contributed by atoms with Gasteiger partial charge in [-0.1, -0.05) is 0 Å². The van der Waals surface area contributed by atoms with Crippen molar-refractivity contribution in [3.8, 4) is 5.75 Å². The SMILES string of the molecule is O=C(OC1CCNCC1)N(c1ccc(O)cn1)c1ccc(F)cc1F. The van der Waals surface area contributed by atoms with E-state index in [0.717, 1.165) is 36.3 Å². The van der Waals surface area contributed by atoms with Crippen molar-refractivity contribution in [1.82, 2.24) is 10.3 Å². The molecule has 0 aliphatic carbocycles. The maximum absolute atomic E-state index is 14.2. The van der Waals surface area contributed by atoms with Crippen molar-refractivity contribution in [1.29, 1.82) is 0 Å². The zero-order valence-electron chi connectivity index (χ0n) is 13.3. The molecule has 1 saturated heterocycles. The quantitative estimate of drug-likeness (QED) is 0.891. The summed E-state index contributed by atoms with van der Waals surface area (Å²) in [6, 6.07) is 5.53. The number of halogens is 2. The van der Waals surface area contributed by atoms with Gasteiger partial charge in [0.2, 0.25) is 0 Å². The van der Waals surface area contributed by atoms with E-state index in [1.807, 2.05) is 0 Å². The molecule has 2 N–H and O–H groups in total. The second kappa shape index (κ2) is 7.43. The number of nitrogens with one attached hydrogen (secondary N) is 1. The monoisotopic (exact) mass is 349 g/mol. The predicted octanol–water partition coefficient (Wildman–Crippen LogP) is 3.09. The number of nitrogens with zero attached hydrogens (tertiary/aromatic N) is 2. The molecule has 0 bridgehead atoms. The number of amides is 1. The minimum absolute atomic E-state index is 0.0576. The van der Waals surface area contributed by atoms with Crippen LogP contribution in [0.15, 0.2) is 36.5 Å². The molecule has 0 radical (unpaired) electrons. The lowest BCUT2D eigenvalue weighted by molar-refractivity contribution is 0.0868.